The number of nitrogens with zero attached hydrogens (tertiary/aromatic N) is 3. The highest BCUT2D eigenvalue weighted by Gasteiger charge is 2.23. The molecule has 1 amide bonds. The van der Waals surface area contributed by atoms with Crippen LogP contribution >= 0.6 is 11.3 Å². The van der Waals surface area contributed by atoms with Gasteiger partial charge in [0, 0.05) is 36.8 Å². The Morgan fingerprint density at radius 1 is 1.46 bits per heavy atom. The zero-order valence-electron chi connectivity index (χ0n) is 13.9. The second kappa shape index (κ2) is 7.36. The minimum atomic E-state index is -0.244. The Hall–Kier alpha value is -1.86. The van der Waals surface area contributed by atoms with E-state index in [4.69, 9.17) is 0 Å². The zero-order chi connectivity index (χ0) is 17.1. The van der Waals surface area contributed by atoms with Crippen LogP contribution in [0.4, 0.5) is 9.52 Å². The van der Waals surface area contributed by atoms with E-state index in [1.165, 1.54) is 24.5 Å². The number of aryl methyl sites for hydroxylation is 1. The normalized spacial score (nSPS) is 18.0. The van der Waals surface area contributed by atoms with Crippen LogP contribution < -0.4 is 5.32 Å². The molecule has 1 aliphatic rings. The van der Waals surface area contributed by atoms with Crippen molar-refractivity contribution in [3.63, 3.8) is 0 Å². The van der Waals surface area contributed by atoms with Gasteiger partial charge in [0.25, 0.3) is 0 Å². The van der Waals surface area contributed by atoms with E-state index in [1.54, 1.807) is 6.92 Å². The Labute approximate surface area is 144 Å². The monoisotopic (exact) mass is 348 g/mol. The third kappa shape index (κ3) is 4.36. The standard InChI is InChI=1S/C17H21FN4OS/c1-11-5-14(19-8-16(11)18)6-13-3-4-22(9-13)10-15-7-20-17(24-15)21-12(2)23/h5,7-8,13H,3-4,6,9-10H2,1-2H3,(H,20,21,23). The van der Waals surface area contributed by atoms with Gasteiger partial charge in [-0.05, 0) is 43.9 Å². The lowest BCUT2D eigenvalue weighted by atomic mass is 10.0. The number of hydrogen-bond donors (Lipinski definition) is 1. The van der Waals surface area contributed by atoms with E-state index in [-0.39, 0.29) is 11.7 Å². The Morgan fingerprint density at radius 2 is 2.29 bits per heavy atom. The van der Waals surface area contributed by atoms with Crippen LogP contribution in [0, 0.1) is 18.7 Å². The van der Waals surface area contributed by atoms with Crippen molar-refractivity contribution in [3.05, 3.63) is 40.4 Å². The van der Waals surface area contributed by atoms with Gasteiger partial charge in [0.05, 0.1) is 6.20 Å². The maximum Gasteiger partial charge on any atom is 0.223 e. The molecule has 5 nitrogen and oxygen atoms in total. The first-order valence-corrected chi connectivity index (χ1v) is 8.87. The molecule has 1 unspecified atom stereocenters. The number of halogens is 1. The van der Waals surface area contributed by atoms with E-state index in [0.29, 0.717) is 16.6 Å². The minimum absolute atomic E-state index is 0.0979. The molecule has 0 radical (unpaired) electrons. The molecule has 1 atom stereocenters. The highest BCUT2D eigenvalue weighted by Crippen LogP contribution is 2.25. The number of anilines is 1. The van der Waals surface area contributed by atoms with Gasteiger partial charge in [-0.1, -0.05) is 0 Å². The molecule has 128 valence electrons. The first kappa shape index (κ1) is 17.0. The number of rotatable bonds is 5. The molecule has 0 saturated carbocycles. The molecule has 2 aromatic rings. The van der Waals surface area contributed by atoms with Gasteiger partial charge in [0.15, 0.2) is 5.13 Å². The maximum absolute atomic E-state index is 13.3. The van der Waals surface area contributed by atoms with E-state index in [2.05, 4.69) is 20.2 Å². The van der Waals surface area contributed by atoms with Gasteiger partial charge in [-0.2, -0.15) is 0 Å². The van der Waals surface area contributed by atoms with Gasteiger partial charge in [0.1, 0.15) is 5.82 Å². The van der Waals surface area contributed by atoms with Crippen molar-refractivity contribution in [2.45, 2.75) is 33.2 Å². The Balaban J connectivity index is 1.52. The van der Waals surface area contributed by atoms with Crippen LogP contribution in [0.3, 0.4) is 0 Å². The second-order valence-corrected chi connectivity index (χ2v) is 7.45. The summed E-state index contributed by atoms with van der Waals surface area (Å²) in [6.07, 6.45) is 5.15. The summed E-state index contributed by atoms with van der Waals surface area (Å²) < 4.78 is 13.3. The fourth-order valence-corrected chi connectivity index (χ4v) is 3.94. The highest BCUT2D eigenvalue weighted by atomic mass is 32.1. The quantitative estimate of drug-likeness (QED) is 0.902. The SMILES string of the molecule is CC(=O)Nc1ncc(CN2CCC(Cc3cc(C)c(F)cn3)C2)s1. The van der Waals surface area contributed by atoms with Gasteiger partial charge in [-0.3, -0.25) is 14.7 Å². The Kier molecular flexibility index (Phi) is 5.20. The fraction of sp³-hybridized carbons (Fsp3) is 0.471. The molecule has 0 aromatic carbocycles. The lowest BCUT2D eigenvalue weighted by Gasteiger charge is -2.14. The van der Waals surface area contributed by atoms with Crippen molar-refractivity contribution >= 4 is 22.4 Å². The first-order valence-electron chi connectivity index (χ1n) is 8.05. The molecule has 1 aliphatic heterocycles. The van der Waals surface area contributed by atoms with Crippen LogP contribution in [0.5, 0.6) is 0 Å². The van der Waals surface area contributed by atoms with E-state index < -0.39 is 0 Å². The van der Waals surface area contributed by atoms with Gasteiger partial charge in [-0.25, -0.2) is 9.37 Å². The number of thiazole rings is 1. The predicted octanol–water partition coefficient (Wildman–Crippen LogP) is 3.01. The van der Waals surface area contributed by atoms with Crippen LogP contribution in [-0.4, -0.2) is 33.9 Å². The molecular formula is C17H21FN4OS. The summed E-state index contributed by atoms with van der Waals surface area (Å²) >= 11 is 1.52. The lowest BCUT2D eigenvalue weighted by Crippen LogP contribution is -2.20. The van der Waals surface area contributed by atoms with Crippen molar-refractivity contribution in [1.29, 1.82) is 0 Å². The van der Waals surface area contributed by atoms with E-state index in [1.807, 2.05) is 12.3 Å². The van der Waals surface area contributed by atoms with Crippen LogP contribution in [0.2, 0.25) is 0 Å². The lowest BCUT2D eigenvalue weighted by molar-refractivity contribution is -0.114. The predicted molar refractivity (Wildman–Crippen MR) is 92.4 cm³/mol. The number of aromatic nitrogens is 2. The number of carbonyl (C=O) groups excluding carboxylic acids is 1. The molecule has 24 heavy (non-hydrogen) atoms. The summed E-state index contributed by atoms with van der Waals surface area (Å²) in [6, 6.07) is 1.85. The van der Waals surface area contributed by atoms with Crippen LogP contribution in [0.25, 0.3) is 0 Å². The van der Waals surface area contributed by atoms with Crippen molar-refractivity contribution < 1.29 is 9.18 Å². The number of likely N-dealkylation sites (tertiary alicyclic amines) is 1. The van der Waals surface area contributed by atoms with Gasteiger partial charge in [0.2, 0.25) is 5.91 Å². The molecule has 0 spiro atoms. The number of carbonyl (C=O) groups is 1. The second-order valence-electron chi connectivity index (χ2n) is 6.33. The summed E-state index contributed by atoms with van der Waals surface area (Å²) in [6.45, 7) is 6.16. The molecule has 1 fully saturated rings. The summed E-state index contributed by atoms with van der Waals surface area (Å²) in [4.78, 5) is 23.0. The first-order chi connectivity index (χ1) is 11.5. The molecular weight excluding hydrogens is 327 g/mol. The van der Waals surface area contributed by atoms with E-state index in [0.717, 1.165) is 43.0 Å². The van der Waals surface area contributed by atoms with Crippen LogP contribution in [-0.2, 0) is 17.8 Å². The summed E-state index contributed by atoms with van der Waals surface area (Å²) in [5, 5.41) is 3.36. The third-order valence-electron chi connectivity index (χ3n) is 4.19. The van der Waals surface area contributed by atoms with E-state index in [9.17, 15) is 9.18 Å². The van der Waals surface area contributed by atoms with Crippen LogP contribution in [0.1, 0.15) is 29.5 Å². The summed E-state index contributed by atoms with van der Waals surface area (Å²) in [7, 11) is 0. The summed E-state index contributed by atoms with van der Waals surface area (Å²) in [5.74, 6) is 0.205. The molecule has 2 aromatic heterocycles. The summed E-state index contributed by atoms with van der Waals surface area (Å²) in [5.41, 5.74) is 1.62. The third-order valence-corrected chi connectivity index (χ3v) is 5.08. The van der Waals surface area contributed by atoms with E-state index >= 15 is 0 Å². The molecule has 7 heteroatoms. The van der Waals surface area contributed by atoms with Crippen LogP contribution in [0.15, 0.2) is 18.5 Å². The molecule has 1 N–H and O–H groups in total. The molecule has 0 aliphatic carbocycles. The minimum Gasteiger partial charge on any atom is -0.302 e. The average molecular weight is 348 g/mol. The van der Waals surface area contributed by atoms with Crippen molar-refractivity contribution in [2.24, 2.45) is 5.92 Å². The topological polar surface area (TPSA) is 58.1 Å². The highest BCUT2D eigenvalue weighted by molar-refractivity contribution is 7.15. The molecule has 1 saturated heterocycles. The number of hydrogen-bond acceptors (Lipinski definition) is 5. The largest absolute Gasteiger partial charge is 0.302 e. The Bertz CT molecular complexity index is 733. The van der Waals surface area contributed by atoms with Gasteiger partial charge >= 0.3 is 0 Å². The average Bonchev–Trinajstić information content (AvgIpc) is 3.13. The molecule has 3 heterocycles. The number of amides is 1. The molecule has 0 bridgehead atoms. The number of pyridine rings is 1. The molecule has 3 rings (SSSR count). The Morgan fingerprint density at radius 3 is 3.04 bits per heavy atom. The smallest absolute Gasteiger partial charge is 0.223 e. The van der Waals surface area contributed by atoms with Crippen molar-refractivity contribution in [2.75, 3.05) is 18.4 Å². The number of nitrogens with one attached hydrogen (secondary N) is 1. The van der Waals surface area contributed by atoms with Gasteiger partial charge in [-0.15, -0.1) is 11.3 Å². The van der Waals surface area contributed by atoms with Crippen molar-refractivity contribution in [3.8, 4) is 0 Å². The van der Waals surface area contributed by atoms with Crippen molar-refractivity contribution in [1.82, 2.24) is 14.9 Å². The fourth-order valence-electron chi connectivity index (χ4n) is 3.04. The van der Waals surface area contributed by atoms with Gasteiger partial charge < -0.3 is 5.32 Å². The maximum atomic E-state index is 13.3. The zero-order valence-corrected chi connectivity index (χ0v) is 14.7.